The summed E-state index contributed by atoms with van der Waals surface area (Å²) in [7, 11) is 0. The smallest absolute Gasteiger partial charge is 0.296 e. The average molecular weight is 481 g/mol. The lowest BCUT2D eigenvalue weighted by molar-refractivity contribution is -0.140. The van der Waals surface area contributed by atoms with E-state index in [1.54, 1.807) is 60.9 Å². The van der Waals surface area contributed by atoms with E-state index in [1.807, 2.05) is 31.2 Å². The highest BCUT2D eigenvalue weighted by molar-refractivity contribution is 6.46. The molecular formula is C29H24N2O5. The first kappa shape index (κ1) is 23.1. The molecule has 5 rings (SSSR count). The van der Waals surface area contributed by atoms with Gasteiger partial charge >= 0.3 is 0 Å². The highest BCUT2D eigenvalue weighted by atomic mass is 16.5. The van der Waals surface area contributed by atoms with Gasteiger partial charge in [0.05, 0.1) is 24.4 Å². The highest BCUT2D eigenvalue weighted by Crippen LogP contribution is 2.40. The Hall–Kier alpha value is -4.65. The molecule has 1 aliphatic rings. The van der Waals surface area contributed by atoms with Gasteiger partial charge in [0.2, 0.25) is 0 Å². The molecule has 2 aromatic heterocycles. The number of hydrogen-bond acceptors (Lipinski definition) is 6. The second-order valence-corrected chi connectivity index (χ2v) is 8.53. The van der Waals surface area contributed by atoms with Gasteiger partial charge in [-0.2, -0.15) is 0 Å². The Morgan fingerprint density at radius 1 is 1.03 bits per heavy atom. The summed E-state index contributed by atoms with van der Waals surface area (Å²) in [5.74, 6) is -0.569. The van der Waals surface area contributed by atoms with E-state index in [9.17, 15) is 14.7 Å². The molecule has 4 aromatic rings. The molecule has 180 valence electrons. The zero-order valence-electron chi connectivity index (χ0n) is 19.6. The average Bonchev–Trinajstić information content (AvgIpc) is 3.51. The number of furan rings is 1. The number of aliphatic hydroxyl groups excluding tert-OH is 1. The Balaban J connectivity index is 1.46. The zero-order chi connectivity index (χ0) is 25.1. The highest BCUT2D eigenvalue weighted by Gasteiger charge is 2.46. The number of hydrogen-bond donors (Lipinski definition) is 1. The van der Waals surface area contributed by atoms with Gasteiger partial charge < -0.3 is 19.2 Å². The number of ketones is 1. The van der Waals surface area contributed by atoms with Gasteiger partial charge in [-0.1, -0.05) is 30.3 Å². The van der Waals surface area contributed by atoms with E-state index in [-0.39, 0.29) is 17.9 Å². The Bertz CT molecular complexity index is 1410. The topological polar surface area (TPSA) is 92.9 Å². The first-order chi connectivity index (χ1) is 17.5. The van der Waals surface area contributed by atoms with Crippen LogP contribution in [0.15, 0.2) is 101 Å². The van der Waals surface area contributed by atoms with Crippen LogP contribution in [0.3, 0.4) is 0 Å². The van der Waals surface area contributed by atoms with Crippen molar-refractivity contribution < 1.29 is 23.8 Å². The summed E-state index contributed by atoms with van der Waals surface area (Å²) < 4.78 is 11.3. The summed E-state index contributed by atoms with van der Waals surface area (Å²) in [4.78, 5) is 31.7. The lowest BCUT2D eigenvalue weighted by atomic mass is 9.96. The summed E-state index contributed by atoms with van der Waals surface area (Å²) in [5, 5.41) is 11.2. The van der Waals surface area contributed by atoms with Crippen LogP contribution in [0, 0.1) is 6.92 Å². The van der Waals surface area contributed by atoms with E-state index in [1.165, 1.54) is 11.2 Å². The Kier molecular flexibility index (Phi) is 6.36. The van der Waals surface area contributed by atoms with Crippen LogP contribution < -0.4 is 4.74 Å². The first-order valence-corrected chi connectivity index (χ1v) is 11.5. The maximum Gasteiger partial charge on any atom is 0.296 e. The van der Waals surface area contributed by atoms with Crippen LogP contribution in [0.4, 0.5) is 0 Å². The number of aryl methyl sites for hydroxylation is 1. The lowest BCUT2D eigenvalue weighted by Crippen LogP contribution is -2.29. The van der Waals surface area contributed by atoms with Crippen LogP contribution in [-0.4, -0.2) is 26.7 Å². The predicted octanol–water partition coefficient (Wildman–Crippen LogP) is 5.18. The molecule has 3 heterocycles. The van der Waals surface area contributed by atoms with E-state index >= 15 is 0 Å². The number of carbonyl (C=O) groups excluding carboxylic acids is 2. The van der Waals surface area contributed by atoms with Gasteiger partial charge in [-0.15, -0.1) is 0 Å². The first-order valence-electron chi connectivity index (χ1n) is 11.5. The molecule has 1 aliphatic heterocycles. The minimum Gasteiger partial charge on any atom is -0.507 e. The maximum atomic E-state index is 13.1. The van der Waals surface area contributed by atoms with E-state index in [4.69, 9.17) is 9.15 Å². The number of amides is 1. The van der Waals surface area contributed by atoms with Crippen LogP contribution in [-0.2, 0) is 22.7 Å². The predicted molar refractivity (Wildman–Crippen MR) is 133 cm³/mol. The number of likely N-dealkylation sites (tertiary alicyclic amines) is 1. The van der Waals surface area contributed by atoms with Crippen molar-refractivity contribution in [2.75, 3.05) is 0 Å². The third-order valence-corrected chi connectivity index (χ3v) is 6.23. The number of aromatic nitrogens is 1. The molecule has 0 aliphatic carbocycles. The van der Waals surface area contributed by atoms with Crippen molar-refractivity contribution in [2.24, 2.45) is 0 Å². The molecule has 7 heteroatoms. The van der Waals surface area contributed by atoms with Crippen molar-refractivity contribution >= 4 is 17.4 Å². The quantitative estimate of drug-likeness (QED) is 0.222. The summed E-state index contributed by atoms with van der Waals surface area (Å²) >= 11 is 0. The Morgan fingerprint density at radius 2 is 1.83 bits per heavy atom. The molecular weight excluding hydrogens is 456 g/mol. The van der Waals surface area contributed by atoms with Crippen molar-refractivity contribution in [2.45, 2.75) is 26.1 Å². The van der Waals surface area contributed by atoms with Gasteiger partial charge in [-0.05, 0) is 66.1 Å². The number of nitrogens with zero attached hydrogens (tertiary/aromatic N) is 2. The van der Waals surface area contributed by atoms with Crippen molar-refractivity contribution in [3.8, 4) is 5.75 Å². The molecule has 1 N–H and O–H groups in total. The van der Waals surface area contributed by atoms with Gasteiger partial charge in [-0.3, -0.25) is 14.6 Å². The normalized spacial score (nSPS) is 16.9. The monoisotopic (exact) mass is 480 g/mol. The van der Waals surface area contributed by atoms with Crippen LogP contribution in [0.25, 0.3) is 5.76 Å². The molecule has 1 amide bonds. The molecule has 0 unspecified atom stereocenters. The van der Waals surface area contributed by atoms with Crippen LogP contribution in [0.2, 0.25) is 0 Å². The molecule has 7 nitrogen and oxygen atoms in total. The molecule has 0 spiro atoms. The fourth-order valence-electron chi connectivity index (χ4n) is 4.30. The summed E-state index contributed by atoms with van der Waals surface area (Å²) in [6.45, 7) is 2.52. The van der Waals surface area contributed by atoms with Crippen molar-refractivity contribution in [3.05, 3.63) is 125 Å². The molecule has 0 radical (unpaired) electrons. The molecule has 1 atom stereocenters. The standard InChI is InChI=1S/C29H24N2O5/c1-19-6-2-3-7-22(19)18-36-23-12-10-20(11-13-23)27(32)25-26(21-8-4-14-30-16-21)31(29(34)28(25)33)17-24-9-5-15-35-24/h2-16,26,32H,17-18H2,1H3/t26-/m1/s1. The molecule has 2 aromatic carbocycles. The maximum absolute atomic E-state index is 13.1. The minimum absolute atomic E-state index is 0.00753. The Labute approximate surface area is 208 Å². The van der Waals surface area contributed by atoms with Crippen molar-refractivity contribution in [3.63, 3.8) is 0 Å². The summed E-state index contributed by atoms with van der Waals surface area (Å²) in [6, 6.07) is 20.9. The molecule has 36 heavy (non-hydrogen) atoms. The number of pyridine rings is 1. The Morgan fingerprint density at radius 3 is 2.53 bits per heavy atom. The van der Waals surface area contributed by atoms with E-state index in [0.717, 1.165) is 11.1 Å². The fraction of sp³-hybridized carbons (Fsp3) is 0.138. The van der Waals surface area contributed by atoms with Crippen molar-refractivity contribution in [1.82, 2.24) is 9.88 Å². The number of carbonyl (C=O) groups is 2. The SMILES string of the molecule is Cc1ccccc1COc1ccc(C(O)=C2C(=O)C(=O)N(Cc3ccco3)[C@@H]2c2cccnc2)cc1. The van der Waals surface area contributed by atoms with E-state index < -0.39 is 17.7 Å². The molecule has 0 bridgehead atoms. The van der Waals surface area contributed by atoms with Gasteiger partial charge in [0.15, 0.2) is 0 Å². The number of ether oxygens (including phenoxy) is 1. The fourth-order valence-corrected chi connectivity index (χ4v) is 4.30. The largest absolute Gasteiger partial charge is 0.507 e. The van der Waals surface area contributed by atoms with E-state index in [0.29, 0.717) is 29.2 Å². The van der Waals surface area contributed by atoms with Crippen LogP contribution in [0.1, 0.15) is 34.1 Å². The lowest BCUT2D eigenvalue weighted by Gasteiger charge is -2.24. The number of aliphatic hydroxyl groups is 1. The zero-order valence-corrected chi connectivity index (χ0v) is 19.6. The second kappa shape index (κ2) is 9.92. The van der Waals surface area contributed by atoms with Gasteiger partial charge in [0.25, 0.3) is 11.7 Å². The number of rotatable bonds is 7. The van der Waals surface area contributed by atoms with E-state index in [2.05, 4.69) is 4.98 Å². The number of benzene rings is 2. The van der Waals surface area contributed by atoms with Crippen LogP contribution in [0.5, 0.6) is 5.75 Å². The third kappa shape index (κ3) is 4.51. The van der Waals surface area contributed by atoms with Crippen LogP contribution >= 0.6 is 0 Å². The molecule has 1 fully saturated rings. The summed E-state index contributed by atoms with van der Waals surface area (Å²) in [5.41, 5.74) is 3.25. The van der Waals surface area contributed by atoms with Gasteiger partial charge in [0, 0.05) is 18.0 Å². The third-order valence-electron chi connectivity index (χ3n) is 6.23. The number of Topliss-reactive ketones (excluding diaryl/α,β-unsaturated/α-hetero) is 1. The minimum atomic E-state index is -0.805. The molecule has 0 saturated carbocycles. The summed E-state index contributed by atoms with van der Waals surface area (Å²) in [6.07, 6.45) is 4.70. The van der Waals surface area contributed by atoms with Crippen molar-refractivity contribution in [1.29, 1.82) is 0 Å². The van der Waals surface area contributed by atoms with Gasteiger partial charge in [0.1, 0.15) is 23.9 Å². The molecule has 1 saturated heterocycles. The second-order valence-electron chi connectivity index (χ2n) is 8.53. The van der Waals surface area contributed by atoms with Gasteiger partial charge in [-0.25, -0.2) is 0 Å².